The molecule has 126 valence electrons. The van der Waals surface area contributed by atoms with Crippen molar-refractivity contribution in [3.8, 4) is 0 Å². The van der Waals surface area contributed by atoms with E-state index >= 15 is 0 Å². The molecular weight excluding hydrogens is 324 g/mol. The predicted octanol–water partition coefficient (Wildman–Crippen LogP) is 1.95. The van der Waals surface area contributed by atoms with E-state index in [1.807, 2.05) is 29.3 Å². The summed E-state index contributed by atoms with van der Waals surface area (Å²) in [5, 5.41) is 12.2. The van der Waals surface area contributed by atoms with Crippen LogP contribution in [0.2, 0.25) is 0 Å². The van der Waals surface area contributed by atoms with Crippen LogP contribution in [0.3, 0.4) is 0 Å². The number of hydrogen-bond acceptors (Lipinski definition) is 5. The molecule has 0 aromatic carbocycles. The molecule has 3 N–H and O–H groups in total. The summed E-state index contributed by atoms with van der Waals surface area (Å²) < 4.78 is 5.48. The molecule has 1 saturated heterocycles. The number of rotatable bonds is 6. The maximum Gasteiger partial charge on any atom is 0.223 e. The van der Waals surface area contributed by atoms with Crippen molar-refractivity contribution in [3.63, 3.8) is 0 Å². The second-order valence-electron chi connectivity index (χ2n) is 5.60. The number of carbonyl (C=O) groups excluding carboxylic acids is 1. The summed E-state index contributed by atoms with van der Waals surface area (Å²) >= 11 is 1.53. The molecule has 0 spiro atoms. The lowest BCUT2D eigenvalue weighted by Gasteiger charge is -2.36. The van der Waals surface area contributed by atoms with Crippen LogP contribution >= 0.6 is 23.7 Å². The molecule has 2 heterocycles. The summed E-state index contributed by atoms with van der Waals surface area (Å²) in [6.07, 6.45) is 1.13. The Morgan fingerprint density at radius 1 is 1.64 bits per heavy atom. The lowest BCUT2D eigenvalue weighted by Crippen LogP contribution is -2.49. The molecule has 0 radical (unpaired) electrons. The van der Waals surface area contributed by atoms with Gasteiger partial charge in [-0.2, -0.15) is 0 Å². The van der Waals surface area contributed by atoms with Gasteiger partial charge in [0.2, 0.25) is 5.91 Å². The Bertz CT molecular complexity index is 442. The Balaban J connectivity index is 0.00000242. The first-order chi connectivity index (χ1) is 10.1. The van der Waals surface area contributed by atoms with Gasteiger partial charge in [0.05, 0.1) is 25.4 Å². The van der Waals surface area contributed by atoms with Crippen molar-refractivity contribution >= 4 is 29.7 Å². The number of nitrogens with two attached hydrogens (primary N) is 1. The Morgan fingerprint density at radius 2 is 2.41 bits per heavy atom. The van der Waals surface area contributed by atoms with Gasteiger partial charge in [-0.15, -0.1) is 23.7 Å². The van der Waals surface area contributed by atoms with E-state index in [-0.39, 0.29) is 30.4 Å². The van der Waals surface area contributed by atoms with Crippen molar-refractivity contribution in [3.05, 3.63) is 22.4 Å². The standard InChI is InChI=1S/C15H24N2O3S.ClH/c1-11(16)4-5-15(19)17-6-7-20-10-12(17)9-13(18)14-3-2-8-21-14;/h2-3,8,11-13,18H,4-7,9-10,16H2,1H3;1H. The maximum absolute atomic E-state index is 12.3. The van der Waals surface area contributed by atoms with Crippen LogP contribution in [0.15, 0.2) is 17.5 Å². The van der Waals surface area contributed by atoms with Crippen LogP contribution in [0.4, 0.5) is 0 Å². The van der Waals surface area contributed by atoms with Crippen LogP contribution in [0.25, 0.3) is 0 Å². The fraction of sp³-hybridized carbons (Fsp3) is 0.667. The van der Waals surface area contributed by atoms with Crippen molar-refractivity contribution in [1.29, 1.82) is 0 Å². The normalized spacial score (nSPS) is 21.0. The van der Waals surface area contributed by atoms with Gasteiger partial charge in [-0.25, -0.2) is 0 Å². The van der Waals surface area contributed by atoms with E-state index in [0.29, 0.717) is 39.0 Å². The van der Waals surface area contributed by atoms with Gasteiger partial charge >= 0.3 is 0 Å². The number of aliphatic hydroxyl groups excluding tert-OH is 1. The first-order valence-electron chi connectivity index (χ1n) is 7.42. The molecule has 1 amide bonds. The summed E-state index contributed by atoms with van der Waals surface area (Å²) in [5.41, 5.74) is 5.72. The van der Waals surface area contributed by atoms with Gasteiger partial charge in [0.1, 0.15) is 0 Å². The molecule has 0 aliphatic carbocycles. The minimum absolute atomic E-state index is 0. The second-order valence-corrected chi connectivity index (χ2v) is 6.58. The zero-order valence-corrected chi connectivity index (χ0v) is 14.4. The fourth-order valence-corrected chi connectivity index (χ4v) is 3.25. The van der Waals surface area contributed by atoms with E-state index in [4.69, 9.17) is 10.5 Å². The number of thiophene rings is 1. The first-order valence-corrected chi connectivity index (χ1v) is 8.30. The zero-order chi connectivity index (χ0) is 15.2. The molecule has 1 fully saturated rings. The molecule has 3 atom stereocenters. The molecular formula is C15H25ClN2O3S. The highest BCUT2D eigenvalue weighted by Gasteiger charge is 2.29. The molecule has 22 heavy (non-hydrogen) atoms. The monoisotopic (exact) mass is 348 g/mol. The molecule has 2 rings (SSSR count). The fourth-order valence-electron chi connectivity index (χ4n) is 2.53. The molecule has 7 heteroatoms. The van der Waals surface area contributed by atoms with E-state index in [9.17, 15) is 9.90 Å². The zero-order valence-electron chi connectivity index (χ0n) is 12.8. The highest BCUT2D eigenvalue weighted by molar-refractivity contribution is 7.10. The van der Waals surface area contributed by atoms with Gasteiger partial charge < -0.3 is 20.5 Å². The lowest BCUT2D eigenvalue weighted by atomic mass is 10.0. The third-order valence-electron chi connectivity index (χ3n) is 3.73. The van der Waals surface area contributed by atoms with Gasteiger partial charge in [-0.1, -0.05) is 6.07 Å². The number of ether oxygens (including phenoxy) is 1. The van der Waals surface area contributed by atoms with Gasteiger partial charge in [-0.05, 0) is 24.8 Å². The van der Waals surface area contributed by atoms with Gasteiger partial charge in [0, 0.05) is 30.3 Å². The van der Waals surface area contributed by atoms with Crippen LogP contribution in [0, 0.1) is 0 Å². The van der Waals surface area contributed by atoms with E-state index in [1.54, 1.807) is 0 Å². The molecule has 1 aliphatic heterocycles. The van der Waals surface area contributed by atoms with Crippen molar-refractivity contribution in [2.24, 2.45) is 5.73 Å². The smallest absolute Gasteiger partial charge is 0.223 e. The molecule has 1 aliphatic rings. The SMILES string of the molecule is CC(N)CCC(=O)N1CCOCC1CC(O)c1cccs1.Cl. The molecule has 3 unspecified atom stereocenters. The summed E-state index contributed by atoms with van der Waals surface area (Å²) in [4.78, 5) is 15.1. The summed E-state index contributed by atoms with van der Waals surface area (Å²) in [5.74, 6) is 0.110. The van der Waals surface area contributed by atoms with Gasteiger partial charge in [0.25, 0.3) is 0 Å². The van der Waals surface area contributed by atoms with Crippen molar-refractivity contribution in [2.75, 3.05) is 19.8 Å². The number of morpholine rings is 1. The van der Waals surface area contributed by atoms with Crippen molar-refractivity contribution < 1.29 is 14.6 Å². The number of halogens is 1. The summed E-state index contributed by atoms with van der Waals surface area (Å²) in [7, 11) is 0. The largest absolute Gasteiger partial charge is 0.387 e. The van der Waals surface area contributed by atoms with Crippen LogP contribution in [-0.4, -0.2) is 47.8 Å². The highest BCUT2D eigenvalue weighted by Crippen LogP contribution is 2.26. The number of amides is 1. The molecule has 1 aromatic rings. The third-order valence-corrected chi connectivity index (χ3v) is 4.70. The second kappa shape index (κ2) is 9.47. The molecule has 0 bridgehead atoms. The average Bonchev–Trinajstić information content (AvgIpc) is 2.99. The Labute approximate surface area is 141 Å². The maximum atomic E-state index is 12.3. The first kappa shape index (κ1) is 19.4. The summed E-state index contributed by atoms with van der Waals surface area (Å²) in [6, 6.07) is 3.81. The topological polar surface area (TPSA) is 75.8 Å². The van der Waals surface area contributed by atoms with Crippen LogP contribution in [-0.2, 0) is 9.53 Å². The Morgan fingerprint density at radius 3 is 3.05 bits per heavy atom. The lowest BCUT2D eigenvalue weighted by molar-refractivity contribution is -0.141. The Hall–Kier alpha value is -0.660. The number of nitrogens with zero attached hydrogens (tertiary/aromatic N) is 1. The Kier molecular flexibility index (Phi) is 8.35. The minimum atomic E-state index is -0.541. The number of carbonyl (C=O) groups is 1. The molecule has 5 nitrogen and oxygen atoms in total. The number of aliphatic hydroxyl groups is 1. The number of hydrogen-bond donors (Lipinski definition) is 2. The summed E-state index contributed by atoms with van der Waals surface area (Å²) in [6.45, 7) is 3.56. The van der Waals surface area contributed by atoms with Crippen molar-refractivity contribution in [1.82, 2.24) is 4.90 Å². The molecule has 0 saturated carbocycles. The van der Waals surface area contributed by atoms with E-state index < -0.39 is 6.10 Å². The predicted molar refractivity (Wildman–Crippen MR) is 90.3 cm³/mol. The van der Waals surface area contributed by atoms with Crippen molar-refractivity contribution in [2.45, 2.75) is 44.4 Å². The van der Waals surface area contributed by atoms with E-state index in [0.717, 1.165) is 4.88 Å². The quantitative estimate of drug-likeness (QED) is 0.823. The average molecular weight is 349 g/mol. The van der Waals surface area contributed by atoms with Crippen LogP contribution in [0.5, 0.6) is 0 Å². The van der Waals surface area contributed by atoms with Gasteiger partial charge in [-0.3, -0.25) is 4.79 Å². The molecule has 1 aromatic heterocycles. The third kappa shape index (κ3) is 5.52. The minimum Gasteiger partial charge on any atom is -0.387 e. The van der Waals surface area contributed by atoms with E-state index in [1.165, 1.54) is 11.3 Å². The van der Waals surface area contributed by atoms with Crippen LogP contribution < -0.4 is 5.73 Å². The van der Waals surface area contributed by atoms with Crippen LogP contribution in [0.1, 0.15) is 37.2 Å². The van der Waals surface area contributed by atoms with E-state index in [2.05, 4.69) is 0 Å². The van der Waals surface area contributed by atoms with Gasteiger partial charge in [0.15, 0.2) is 0 Å². The highest BCUT2D eigenvalue weighted by atomic mass is 35.5.